The summed E-state index contributed by atoms with van der Waals surface area (Å²) < 4.78 is 10.3. The molecule has 1 atom stereocenters. The molecule has 1 saturated heterocycles. The molecule has 3 aromatic rings. The van der Waals surface area contributed by atoms with E-state index in [0.29, 0.717) is 29.2 Å². The third kappa shape index (κ3) is 4.43. The number of aromatic nitrogens is 2. The number of pyridine rings is 1. The highest BCUT2D eigenvalue weighted by Gasteiger charge is 2.48. The fraction of sp³-hybridized carbons (Fsp3) is 0.160. The SMILES string of the molecule is C=CCOc1ccc(/C(O)=C2\C(=O)C(=O)N(c3nc(C)c(C(=O)OC)s3)[C@H]2c2cccnc2)cc1. The molecule has 0 radical (unpaired) electrons. The number of carbonyl (C=O) groups is 3. The number of carbonyl (C=O) groups excluding carboxylic acids is 3. The monoisotopic (exact) mass is 491 g/mol. The topological polar surface area (TPSA) is 119 Å². The van der Waals surface area contributed by atoms with E-state index in [4.69, 9.17) is 9.47 Å². The minimum absolute atomic E-state index is 0.116. The molecule has 1 aliphatic heterocycles. The smallest absolute Gasteiger partial charge is 0.350 e. The number of methoxy groups -OCH3 is 1. The van der Waals surface area contributed by atoms with Crippen molar-refractivity contribution in [3.63, 3.8) is 0 Å². The summed E-state index contributed by atoms with van der Waals surface area (Å²) in [4.78, 5) is 48.4. The number of ketones is 1. The number of anilines is 1. The average molecular weight is 492 g/mol. The van der Waals surface area contributed by atoms with Gasteiger partial charge in [0.15, 0.2) is 5.13 Å². The van der Waals surface area contributed by atoms with Crippen molar-refractivity contribution < 1.29 is 29.0 Å². The molecule has 0 saturated carbocycles. The lowest BCUT2D eigenvalue weighted by atomic mass is 9.96. The highest BCUT2D eigenvalue weighted by atomic mass is 32.1. The van der Waals surface area contributed by atoms with Gasteiger partial charge < -0.3 is 14.6 Å². The average Bonchev–Trinajstić information content (AvgIpc) is 3.39. The van der Waals surface area contributed by atoms with Crippen molar-refractivity contribution in [2.45, 2.75) is 13.0 Å². The largest absolute Gasteiger partial charge is 0.507 e. The van der Waals surface area contributed by atoms with Gasteiger partial charge in [0.2, 0.25) is 0 Å². The van der Waals surface area contributed by atoms with E-state index < -0.39 is 23.7 Å². The molecule has 4 rings (SSSR count). The number of rotatable bonds is 7. The van der Waals surface area contributed by atoms with Gasteiger partial charge in [0.1, 0.15) is 23.0 Å². The standard InChI is InChI=1S/C25H21N3O6S/c1-4-12-34-17-9-7-15(8-10-17)20(29)18-19(16-6-5-11-26-13-16)28(23(31)21(18)30)25-27-14(2)22(35-25)24(32)33-3/h4-11,13,19,29H,1,12H2,2-3H3/b20-18+/t19-/m0/s1. The molecule has 0 spiro atoms. The molecule has 0 unspecified atom stereocenters. The Morgan fingerprint density at radius 1 is 1.26 bits per heavy atom. The Hall–Kier alpha value is -4.31. The van der Waals surface area contributed by atoms with Gasteiger partial charge in [-0.2, -0.15) is 0 Å². The zero-order chi connectivity index (χ0) is 25.1. The van der Waals surface area contributed by atoms with Gasteiger partial charge in [0, 0.05) is 18.0 Å². The van der Waals surface area contributed by atoms with Crippen molar-refractivity contribution >= 4 is 39.9 Å². The number of amides is 1. The first-order chi connectivity index (χ1) is 16.9. The van der Waals surface area contributed by atoms with E-state index in [1.165, 1.54) is 18.2 Å². The molecule has 1 N–H and O–H groups in total. The van der Waals surface area contributed by atoms with E-state index in [1.807, 2.05) is 0 Å². The van der Waals surface area contributed by atoms with Gasteiger partial charge in [0.25, 0.3) is 5.78 Å². The molecule has 1 aliphatic rings. The second-order valence-corrected chi connectivity index (χ2v) is 8.46. The van der Waals surface area contributed by atoms with E-state index in [1.54, 1.807) is 55.6 Å². The molecule has 1 amide bonds. The van der Waals surface area contributed by atoms with Crippen LogP contribution in [0.1, 0.15) is 32.5 Å². The molecule has 35 heavy (non-hydrogen) atoms. The summed E-state index contributed by atoms with van der Waals surface area (Å²) in [7, 11) is 1.25. The van der Waals surface area contributed by atoms with Gasteiger partial charge >= 0.3 is 11.9 Å². The van der Waals surface area contributed by atoms with Crippen LogP contribution in [0.15, 0.2) is 67.0 Å². The molecule has 0 aliphatic carbocycles. The number of Topliss-reactive ketones (excluding diaryl/α,β-unsaturated/α-hetero) is 1. The molecule has 10 heteroatoms. The van der Waals surface area contributed by atoms with Crippen molar-refractivity contribution in [3.05, 3.63) is 88.7 Å². The number of thiazole rings is 1. The quantitative estimate of drug-likeness (QED) is 0.174. The Bertz CT molecular complexity index is 1330. The number of hydrogen-bond acceptors (Lipinski definition) is 9. The van der Waals surface area contributed by atoms with Crippen LogP contribution in [-0.2, 0) is 14.3 Å². The summed E-state index contributed by atoms with van der Waals surface area (Å²) in [5, 5.41) is 11.3. The summed E-state index contributed by atoms with van der Waals surface area (Å²) in [6, 6.07) is 8.80. The predicted molar refractivity (Wildman–Crippen MR) is 129 cm³/mol. The predicted octanol–water partition coefficient (Wildman–Crippen LogP) is 3.82. The van der Waals surface area contributed by atoms with Gasteiger partial charge in [-0.15, -0.1) is 0 Å². The number of hydrogen-bond donors (Lipinski definition) is 1. The van der Waals surface area contributed by atoms with Crippen LogP contribution in [0.4, 0.5) is 5.13 Å². The zero-order valence-corrected chi connectivity index (χ0v) is 19.7. The fourth-order valence-electron chi connectivity index (χ4n) is 3.67. The Kier molecular flexibility index (Phi) is 6.74. The fourth-order valence-corrected chi connectivity index (χ4v) is 4.68. The van der Waals surface area contributed by atoms with Crippen LogP contribution in [0.2, 0.25) is 0 Å². The maximum absolute atomic E-state index is 13.2. The van der Waals surface area contributed by atoms with Crippen molar-refractivity contribution in [2.75, 3.05) is 18.6 Å². The summed E-state index contributed by atoms with van der Waals surface area (Å²) >= 11 is 0.931. The van der Waals surface area contributed by atoms with E-state index in [0.717, 1.165) is 11.3 Å². The lowest BCUT2D eigenvalue weighted by Gasteiger charge is -2.22. The molecule has 1 aromatic carbocycles. The maximum atomic E-state index is 13.2. The van der Waals surface area contributed by atoms with Gasteiger partial charge in [0.05, 0.1) is 24.4 Å². The first kappa shape index (κ1) is 23.8. The molecule has 9 nitrogen and oxygen atoms in total. The van der Waals surface area contributed by atoms with Crippen molar-refractivity contribution in [2.24, 2.45) is 0 Å². The van der Waals surface area contributed by atoms with Crippen LogP contribution in [0.25, 0.3) is 5.76 Å². The minimum atomic E-state index is -1.00. The first-order valence-electron chi connectivity index (χ1n) is 10.5. The normalized spacial score (nSPS) is 16.9. The van der Waals surface area contributed by atoms with Crippen LogP contribution in [0.5, 0.6) is 5.75 Å². The second kappa shape index (κ2) is 9.90. The second-order valence-electron chi connectivity index (χ2n) is 7.48. The zero-order valence-electron chi connectivity index (χ0n) is 18.9. The number of ether oxygens (including phenoxy) is 2. The molecule has 3 heterocycles. The number of aliphatic hydroxyl groups excluding tert-OH is 1. The van der Waals surface area contributed by atoms with E-state index in [2.05, 4.69) is 16.5 Å². The van der Waals surface area contributed by atoms with Crippen molar-refractivity contribution in [3.8, 4) is 5.75 Å². The lowest BCUT2D eigenvalue weighted by Crippen LogP contribution is -2.29. The van der Waals surface area contributed by atoms with E-state index in [9.17, 15) is 19.5 Å². The summed E-state index contributed by atoms with van der Waals surface area (Å²) in [6.45, 7) is 5.53. The van der Waals surface area contributed by atoms with Crippen molar-refractivity contribution in [1.29, 1.82) is 0 Å². The van der Waals surface area contributed by atoms with Crippen LogP contribution in [-0.4, -0.2) is 46.5 Å². The molecule has 1 fully saturated rings. The summed E-state index contributed by atoms with van der Waals surface area (Å²) in [5.74, 6) is -2.15. The maximum Gasteiger partial charge on any atom is 0.350 e. The van der Waals surface area contributed by atoms with Crippen LogP contribution < -0.4 is 9.64 Å². The number of aliphatic hydroxyl groups is 1. The molecular formula is C25H21N3O6S. The van der Waals surface area contributed by atoms with Gasteiger partial charge in [-0.3, -0.25) is 19.5 Å². The molecule has 0 bridgehead atoms. The Balaban J connectivity index is 1.84. The molecule has 178 valence electrons. The number of esters is 1. The lowest BCUT2D eigenvalue weighted by molar-refractivity contribution is -0.132. The number of aryl methyl sites for hydroxylation is 1. The third-order valence-corrected chi connectivity index (χ3v) is 6.44. The van der Waals surface area contributed by atoms with Crippen LogP contribution in [0.3, 0.4) is 0 Å². The van der Waals surface area contributed by atoms with Gasteiger partial charge in [-0.1, -0.05) is 30.1 Å². The molecular weight excluding hydrogens is 470 g/mol. The molecule has 2 aromatic heterocycles. The van der Waals surface area contributed by atoms with Crippen molar-refractivity contribution in [1.82, 2.24) is 9.97 Å². The highest BCUT2D eigenvalue weighted by molar-refractivity contribution is 7.17. The van der Waals surface area contributed by atoms with Crippen LogP contribution >= 0.6 is 11.3 Å². The van der Waals surface area contributed by atoms with Gasteiger partial charge in [-0.05, 0) is 42.8 Å². The highest BCUT2D eigenvalue weighted by Crippen LogP contribution is 2.43. The number of nitrogens with zero attached hydrogens (tertiary/aromatic N) is 3. The summed E-state index contributed by atoms with van der Waals surface area (Å²) in [6.07, 6.45) is 4.67. The Morgan fingerprint density at radius 3 is 2.63 bits per heavy atom. The first-order valence-corrected chi connectivity index (χ1v) is 11.3. The van der Waals surface area contributed by atoms with E-state index >= 15 is 0 Å². The van der Waals surface area contributed by atoms with Crippen LogP contribution in [0, 0.1) is 6.92 Å². The third-order valence-electron chi connectivity index (χ3n) is 5.30. The Labute approximate surface area is 205 Å². The van der Waals surface area contributed by atoms with Gasteiger partial charge in [-0.25, -0.2) is 9.78 Å². The summed E-state index contributed by atoms with van der Waals surface area (Å²) in [5.41, 5.74) is 1.06. The Morgan fingerprint density at radius 2 is 2.00 bits per heavy atom. The number of benzene rings is 1. The van der Waals surface area contributed by atoms with E-state index in [-0.39, 0.29) is 21.3 Å². The minimum Gasteiger partial charge on any atom is -0.507 e.